The van der Waals surface area contributed by atoms with E-state index in [0.717, 1.165) is 49.2 Å². The van der Waals surface area contributed by atoms with Gasteiger partial charge in [-0.3, -0.25) is 14.5 Å². The predicted molar refractivity (Wildman–Crippen MR) is 129 cm³/mol. The third-order valence-corrected chi connectivity index (χ3v) is 5.70. The van der Waals surface area contributed by atoms with Crippen LogP contribution in [0.2, 0.25) is 0 Å². The van der Waals surface area contributed by atoms with Crippen molar-refractivity contribution < 1.29 is 14.3 Å². The summed E-state index contributed by atoms with van der Waals surface area (Å²) in [4.78, 5) is 39.8. The molecule has 0 saturated carbocycles. The normalized spacial score (nSPS) is 14.4. The molecule has 2 aromatic rings. The number of nitrogens with zero attached hydrogens (tertiary/aromatic N) is 5. The number of aryl methyl sites for hydroxylation is 1. The number of hydrogen-bond acceptors (Lipinski definition) is 7. The van der Waals surface area contributed by atoms with Crippen molar-refractivity contribution in [3.8, 4) is 5.75 Å². The van der Waals surface area contributed by atoms with Gasteiger partial charge in [0, 0.05) is 62.5 Å². The van der Waals surface area contributed by atoms with Gasteiger partial charge in [-0.25, -0.2) is 9.97 Å². The molecule has 2 heterocycles. The van der Waals surface area contributed by atoms with Gasteiger partial charge in [0.2, 0.25) is 11.8 Å². The van der Waals surface area contributed by atoms with E-state index in [1.54, 1.807) is 24.1 Å². The fourth-order valence-corrected chi connectivity index (χ4v) is 3.79. The van der Waals surface area contributed by atoms with Crippen LogP contribution in [-0.2, 0) is 9.59 Å². The lowest BCUT2D eigenvalue weighted by atomic mass is 10.2. The van der Waals surface area contributed by atoms with Crippen LogP contribution in [0.4, 0.5) is 11.5 Å². The molecule has 9 nitrogen and oxygen atoms in total. The molecular weight excluding hydrogens is 420 g/mol. The molecule has 178 valence electrons. The van der Waals surface area contributed by atoms with Crippen molar-refractivity contribution in [3.05, 3.63) is 41.9 Å². The first-order valence-corrected chi connectivity index (χ1v) is 11.3. The Morgan fingerprint density at radius 1 is 1.12 bits per heavy atom. The summed E-state index contributed by atoms with van der Waals surface area (Å²) in [6.07, 6.45) is 0.108. The molecule has 9 heteroatoms. The largest absolute Gasteiger partial charge is 0.497 e. The second-order valence-electron chi connectivity index (χ2n) is 8.60. The molecule has 2 N–H and O–H groups in total. The Bertz CT molecular complexity index is 955. The Labute approximate surface area is 195 Å². The molecule has 1 aliphatic rings. The molecule has 1 aromatic carbocycles. The molecule has 0 unspecified atom stereocenters. The van der Waals surface area contributed by atoms with E-state index in [0.29, 0.717) is 5.75 Å². The van der Waals surface area contributed by atoms with Crippen LogP contribution in [0.25, 0.3) is 0 Å². The number of ether oxygens (including phenoxy) is 1. The van der Waals surface area contributed by atoms with Crippen molar-refractivity contribution >= 4 is 23.3 Å². The molecular formula is C24H34N6O3. The van der Waals surface area contributed by atoms with Crippen LogP contribution < -0.4 is 20.3 Å². The molecule has 1 fully saturated rings. The molecule has 33 heavy (non-hydrogen) atoms. The summed E-state index contributed by atoms with van der Waals surface area (Å²) < 4.78 is 5.20. The van der Waals surface area contributed by atoms with E-state index in [1.807, 2.05) is 25.1 Å². The number of anilines is 2. The SMILES string of the molecule is COc1ccc(N(CCC(N)=O)C(=O)CN2CCN(c3cc(C)nc(C(C)C)n3)CC2)cc1. The maximum atomic E-state index is 13.2. The monoisotopic (exact) mass is 454 g/mol. The van der Waals surface area contributed by atoms with E-state index in [4.69, 9.17) is 15.5 Å². The van der Waals surface area contributed by atoms with E-state index in [-0.39, 0.29) is 31.3 Å². The van der Waals surface area contributed by atoms with Crippen molar-refractivity contribution in [2.75, 3.05) is 56.2 Å². The molecule has 1 saturated heterocycles. The quantitative estimate of drug-likeness (QED) is 0.617. The number of methoxy groups -OCH3 is 1. The maximum Gasteiger partial charge on any atom is 0.241 e. The molecule has 1 aliphatic heterocycles. The summed E-state index contributed by atoms with van der Waals surface area (Å²) in [6, 6.07) is 9.25. The highest BCUT2D eigenvalue weighted by molar-refractivity contribution is 5.95. The molecule has 1 aromatic heterocycles. The molecule has 3 rings (SSSR count). The summed E-state index contributed by atoms with van der Waals surface area (Å²) >= 11 is 0. The van der Waals surface area contributed by atoms with Gasteiger partial charge >= 0.3 is 0 Å². The van der Waals surface area contributed by atoms with Gasteiger partial charge < -0.3 is 20.3 Å². The van der Waals surface area contributed by atoms with Crippen LogP contribution >= 0.6 is 0 Å². The molecule has 0 aliphatic carbocycles. The van der Waals surface area contributed by atoms with Crippen LogP contribution in [0.5, 0.6) is 5.75 Å². The zero-order valence-electron chi connectivity index (χ0n) is 20.0. The van der Waals surface area contributed by atoms with Crippen LogP contribution in [0.15, 0.2) is 30.3 Å². The van der Waals surface area contributed by atoms with Crippen molar-refractivity contribution in [1.29, 1.82) is 0 Å². The Morgan fingerprint density at radius 3 is 2.36 bits per heavy atom. The summed E-state index contributed by atoms with van der Waals surface area (Å²) in [7, 11) is 1.59. The van der Waals surface area contributed by atoms with Gasteiger partial charge in [-0.05, 0) is 31.2 Å². The van der Waals surface area contributed by atoms with Crippen molar-refractivity contribution in [1.82, 2.24) is 14.9 Å². The molecule has 2 amide bonds. The molecule has 0 atom stereocenters. The topological polar surface area (TPSA) is 105 Å². The Balaban J connectivity index is 1.63. The first kappa shape index (κ1) is 24.4. The van der Waals surface area contributed by atoms with Gasteiger partial charge in [0.05, 0.1) is 13.7 Å². The highest BCUT2D eigenvalue weighted by Gasteiger charge is 2.24. The number of benzene rings is 1. The number of carbonyl (C=O) groups is 2. The second kappa shape index (κ2) is 11.1. The number of carbonyl (C=O) groups excluding carboxylic acids is 2. The minimum atomic E-state index is -0.434. The predicted octanol–water partition coefficient (Wildman–Crippen LogP) is 1.95. The van der Waals surface area contributed by atoms with Gasteiger partial charge in [-0.1, -0.05) is 13.8 Å². The summed E-state index contributed by atoms with van der Waals surface area (Å²) in [5, 5.41) is 0. The smallest absolute Gasteiger partial charge is 0.241 e. The summed E-state index contributed by atoms with van der Waals surface area (Å²) in [6.45, 7) is 9.76. The molecule has 0 bridgehead atoms. The number of amides is 2. The lowest BCUT2D eigenvalue weighted by molar-refractivity contribution is -0.120. The van der Waals surface area contributed by atoms with Gasteiger partial charge in [-0.2, -0.15) is 0 Å². The fourth-order valence-electron chi connectivity index (χ4n) is 3.79. The zero-order valence-corrected chi connectivity index (χ0v) is 20.0. The van der Waals surface area contributed by atoms with Gasteiger partial charge in [-0.15, -0.1) is 0 Å². The van der Waals surface area contributed by atoms with Crippen LogP contribution in [0.3, 0.4) is 0 Å². The third kappa shape index (κ3) is 6.64. The lowest BCUT2D eigenvalue weighted by Crippen LogP contribution is -2.50. The zero-order chi connectivity index (χ0) is 24.0. The van der Waals surface area contributed by atoms with Crippen LogP contribution in [-0.4, -0.2) is 73.1 Å². The van der Waals surface area contributed by atoms with E-state index in [2.05, 4.69) is 28.6 Å². The highest BCUT2D eigenvalue weighted by Crippen LogP contribution is 2.21. The van der Waals surface area contributed by atoms with E-state index < -0.39 is 5.91 Å². The van der Waals surface area contributed by atoms with Crippen molar-refractivity contribution in [3.63, 3.8) is 0 Å². The van der Waals surface area contributed by atoms with E-state index >= 15 is 0 Å². The average Bonchev–Trinajstić information content (AvgIpc) is 2.79. The number of aromatic nitrogens is 2. The van der Waals surface area contributed by atoms with Gasteiger partial charge in [0.1, 0.15) is 17.4 Å². The van der Waals surface area contributed by atoms with Gasteiger partial charge in [0.25, 0.3) is 0 Å². The standard InChI is InChI=1S/C24H34N6O3/c1-17(2)24-26-18(3)15-22(27-24)29-13-11-28(12-14-29)16-23(32)30(10-9-21(25)31)19-5-7-20(33-4)8-6-19/h5-8,15,17H,9-14,16H2,1-4H3,(H2,25,31). The number of nitrogens with two attached hydrogens (primary N) is 1. The average molecular weight is 455 g/mol. The first-order valence-electron chi connectivity index (χ1n) is 11.3. The van der Waals surface area contributed by atoms with Gasteiger partial charge in [0.15, 0.2) is 0 Å². The summed E-state index contributed by atoms with van der Waals surface area (Å²) in [5.41, 5.74) is 7.02. The summed E-state index contributed by atoms with van der Waals surface area (Å²) in [5.74, 6) is 2.28. The lowest BCUT2D eigenvalue weighted by Gasteiger charge is -2.36. The number of hydrogen-bond donors (Lipinski definition) is 1. The van der Waals surface area contributed by atoms with Crippen molar-refractivity contribution in [2.24, 2.45) is 5.73 Å². The number of piperazine rings is 1. The van der Waals surface area contributed by atoms with E-state index in [9.17, 15) is 9.59 Å². The third-order valence-electron chi connectivity index (χ3n) is 5.70. The highest BCUT2D eigenvalue weighted by atomic mass is 16.5. The Kier molecular flexibility index (Phi) is 8.21. The Hall–Kier alpha value is -3.20. The minimum Gasteiger partial charge on any atom is -0.497 e. The van der Waals surface area contributed by atoms with Crippen molar-refractivity contribution in [2.45, 2.75) is 33.1 Å². The van der Waals surface area contributed by atoms with Crippen LogP contribution in [0, 0.1) is 6.92 Å². The first-order chi connectivity index (χ1) is 15.8. The fraction of sp³-hybridized carbons (Fsp3) is 0.500. The second-order valence-corrected chi connectivity index (χ2v) is 8.60. The molecule has 0 spiro atoms. The number of primary amides is 1. The number of rotatable bonds is 9. The van der Waals surface area contributed by atoms with Crippen LogP contribution in [0.1, 0.15) is 37.7 Å². The Morgan fingerprint density at radius 2 is 1.79 bits per heavy atom. The maximum absolute atomic E-state index is 13.2. The molecule has 0 radical (unpaired) electrons. The van der Waals surface area contributed by atoms with E-state index in [1.165, 1.54) is 0 Å². The minimum absolute atomic E-state index is 0.0603.